The van der Waals surface area contributed by atoms with E-state index in [9.17, 15) is 19.2 Å². The molecule has 2 rings (SSSR count). The van der Waals surface area contributed by atoms with Gasteiger partial charge in [0, 0.05) is 13.1 Å². The first-order valence-corrected chi connectivity index (χ1v) is 12.7. The van der Waals surface area contributed by atoms with Crippen molar-refractivity contribution in [3.63, 3.8) is 0 Å². The molecule has 1 atom stereocenters. The molecule has 0 saturated heterocycles. The highest BCUT2D eigenvalue weighted by atomic mass is 16.7. The third-order valence-corrected chi connectivity index (χ3v) is 5.97. The highest BCUT2D eigenvalue weighted by Gasteiger charge is 2.32. The molecule has 216 valence electrons. The standard InChI is InChI=1S/C26H39N5O8/c1-26(2,3)39-25(36)28-20(21(32)31(4)37-5)15-17-11-13-19(14-12-17)27-22(29-23(33)34)30-24(35)38-16-18-9-7-6-8-10-18/h6-10,17,19-20H,11-16H2,1-5H3,(H,28,36)(H,33,34)(H2,27,29,30,35). The second-order valence-electron chi connectivity index (χ2n) is 10.2. The molecular weight excluding hydrogens is 510 g/mol. The summed E-state index contributed by atoms with van der Waals surface area (Å²) in [5, 5.41) is 18.2. The number of hydrogen-bond acceptors (Lipinski definition) is 7. The van der Waals surface area contributed by atoms with E-state index in [1.54, 1.807) is 32.9 Å². The molecular formula is C26H39N5O8. The number of amides is 4. The number of carbonyl (C=O) groups is 4. The Morgan fingerprint density at radius 3 is 2.28 bits per heavy atom. The lowest BCUT2D eigenvalue weighted by Crippen LogP contribution is -2.50. The fourth-order valence-corrected chi connectivity index (χ4v) is 4.10. The predicted molar refractivity (Wildman–Crippen MR) is 142 cm³/mol. The quantitative estimate of drug-likeness (QED) is 0.216. The molecule has 13 heteroatoms. The third kappa shape index (κ3) is 12.0. The van der Waals surface area contributed by atoms with E-state index >= 15 is 0 Å². The summed E-state index contributed by atoms with van der Waals surface area (Å²) < 4.78 is 10.5. The number of hydrogen-bond donors (Lipinski definition) is 4. The minimum atomic E-state index is -1.47. The lowest BCUT2D eigenvalue weighted by atomic mass is 9.82. The van der Waals surface area contributed by atoms with Gasteiger partial charge in [-0.05, 0) is 64.4 Å². The van der Waals surface area contributed by atoms with Crippen molar-refractivity contribution in [3.8, 4) is 0 Å². The van der Waals surface area contributed by atoms with E-state index in [2.05, 4.69) is 20.9 Å². The van der Waals surface area contributed by atoms with Crippen molar-refractivity contribution in [2.75, 3.05) is 14.2 Å². The van der Waals surface area contributed by atoms with Gasteiger partial charge in [-0.15, -0.1) is 4.99 Å². The molecule has 0 heterocycles. The topological polar surface area (TPSA) is 168 Å². The number of carbonyl (C=O) groups excluding carboxylic acids is 3. The van der Waals surface area contributed by atoms with Gasteiger partial charge in [-0.1, -0.05) is 30.3 Å². The second kappa shape index (κ2) is 14.9. The van der Waals surface area contributed by atoms with Crippen molar-refractivity contribution >= 4 is 30.1 Å². The van der Waals surface area contributed by atoms with E-state index in [1.165, 1.54) is 14.2 Å². The molecule has 1 aromatic carbocycles. The predicted octanol–water partition coefficient (Wildman–Crippen LogP) is 3.40. The number of rotatable bonds is 8. The zero-order valence-electron chi connectivity index (χ0n) is 23.1. The van der Waals surface area contributed by atoms with E-state index < -0.39 is 35.8 Å². The number of aliphatic imine (C=N–C) groups is 1. The molecule has 0 aromatic heterocycles. The average molecular weight is 550 g/mol. The van der Waals surface area contributed by atoms with E-state index in [0.29, 0.717) is 32.1 Å². The molecule has 39 heavy (non-hydrogen) atoms. The number of nitrogens with zero attached hydrogens (tertiary/aromatic N) is 2. The van der Waals surface area contributed by atoms with Crippen LogP contribution in [0.15, 0.2) is 35.3 Å². The van der Waals surface area contributed by atoms with E-state index in [4.69, 9.17) is 19.4 Å². The van der Waals surface area contributed by atoms with Gasteiger partial charge in [-0.25, -0.2) is 19.4 Å². The number of hydroxylamine groups is 2. The minimum absolute atomic E-state index is 0.0214. The van der Waals surface area contributed by atoms with Crippen molar-refractivity contribution in [2.24, 2.45) is 10.9 Å². The molecule has 1 aliphatic rings. The second-order valence-corrected chi connectivity index (χ2v) is 10.2. The molecule has 1 saturated carbocycles. The number of ether oxygens (including phenoxy) is 2. The minimum Gasteiger partial charge on any atom is -0.463 e. The van der Waals surface area contributed by atoms with Crippen LogP contribution in [0.1, 0.15) is 58.4 Å². The molecule has 13 nitrogen and oxygen atoms in total. The fourth-order valence-electron chi connectivity index (χ4n) is 4.10. The first-order chi connectivity index (χ1) is 18.4. The maximum Gasteiger partial charge on any atom is 0.434 e. The summed E-state index contributed by atoms with van der Waals surface area (Å²) in [6, 6.07) is 8.05. The number of likely N-dealkylation sites (N-methyl/N-ethyl adjacent to an activating group) is 1. The fraction of sp³-hybridized carbons (Fsp3) is 0.577. The maximum absolute atomic E-state index is 12.8. The first-order valence-electron chi connectivity index (χ1n) is 12.7. The summed E-state index contributed by atoms with van der Waals surface area (Å²) in [5.41, 5.74) is 0.0662. The molecule has 4 amide bonds. The van der Waals surface area contributed by atoms with Gasteiger partial charge in [0.05, 0.1) is 7.11 Å². The zero-order valence-corrected chi connectivity index (χ0v) is 23.1. The maximum atomic E-state index is 12.8. The zero-order chi connectivity index (χ0) is 29.0. The first kappa shape index (κ1) is 31.3. The molecule has 0 aliphatic heterocycles. The number of benzene rings is 1. The summed E-state index contributed by atoms with van der Waals surface area (Å²) in [5.74, 6) is -0.524. The van der Waals surface area contributed by atoms with E-state index in [0.717, 1.165) is 10.6 Å². The number of alkyl carbamates (subject to hydrolysis) is 2. The van der Waals surface area contributed by atoms with Gasteiger partial charge in [0.2, 0.25) is 5.96 Å². The molecule has 1 unspecified atom stereocenters. The van der Waals surface area contributed by atoms with Crippen LogP contribution in [-0.2, 0) is 25.7 Å². The van der Waals surface area contributed by atoms with Crippen LogP contribution in [0.25, 0.3) is 0 Å². The van der Waals surface area contributed by atoms with Crippen LogP contribution >= 0.6 is 0 Å². The third-order valence-electron chi connectivity index (χ3n) is 5.97. The lowest BCUT2D eigenvalue weighted by Gasteiger charge is -2.32. The lowest BCUT2D eigenvalue weighted by molar-refractivity contribution is -0.171. The monoisotopic (exact) mass is 549 g/mol. The van der Waals surface area contributed by atoms with Crippen LogP contribution in [0.3, 0.4) is 0 Å². The molecule has 1 fully saturated rings. The van der Waals surface area contributed by atoms with Gasteiger partial charge in [-0.3, -0.25) is 14.9 Å². The van der Waals surface area contributed by atoms with Crippen LogP contribution < -0.4 is 16.0 Å². The van der Waals surface area contributed by atoms with Crippen LogP contribution in [-0.4, -0.2) is 72.2 Å². The Bertz CT molecular complexity index is 1000. The van der Waals surface area contributed by atoms with Crippen molar-refractivity contribution in [1.82, 2.24) is 21.0 Å². The average Bonchev–Trinajstić information content (AvgIpc) is 2.86. The SMILES string of the molecule is CON(C)C(=O)C(CC1CCC(NC(=NC(=O)O)NC(=O)OCc2ccccc2)CC1)NC(=O)OC(C)(C)C. The van der Waals surface area contributed by atoms with Gasteiger partial charge in [0.15, 0.2) is 0 Å². The Kier molecular flexibility index (Phi) is 12.0. The number of nitrogens with one attached hydrogen (secondary N) is 3. The van der Waals surface area contributed by atoms with Gasteiger partial charge in [-0.2, -0.15) is 0 Å². The summed E-state index contributed by atoms with van der Waals surface area (Å²) >= 11 is 0. The number of carboxylic acid groups (broad SMARTS) is 1. The largest absolute Gasteiger partial charge is 0.463 e. The number of guanidine groups is 1. The van der Waals surface area contributed by atoms with Crippen LogP contribution in [0, 0.1) is 5.92 Å². The highest BCUT2D eigenvalue weighted by Crippen LogP contribution is 2.28. The Morgan fingerprint density at radius 1 is 1.08 bits per heavy atom. The molecule has 0 spiro atoms. The van der Waals surface area contributed by atoms with E-state index in [1.807, 2.05) is 18.2 Å². The van der Waals surface area contributed by atoms with Crippen LogP contribution in [0.2, 0.25) is 0 Å². The Balaban J connectivity index is 1.92. The molecule has 4 N–H and O–H groups in total. The van der Waals surface area contributed by atoms with Gasteiger partial charge >= 0.3 is 18.3 Å². The van der Waals surface area contributed by atoms with Gasteiger partial charge < -0.3 is 25.2 Å². The van der Waals surface area contributed by atoms with Gasteiger partial charge in [0.25, 0.3) is 5.91 Å². The van der Waals surface area contributed by atoms with Crippen molar-refractivity contribution in [1.29, 1.82) is 0 Å². The van der Waals surface area contributed by atoms with Crippen molar-refractivity contribution in [3.05, 3.63) is 35.9 Å². The summed E-state index contributed by atoms with van der Waals surface area (Å²) in [4.78, 5) is 57.0. The Hall–Kier alpha value is -3.87. The highest BCUT2D eigenvalue weighted by molar-refractivity contribution is 5.98. The summed E-state index contributed by atoms with van der Waals surface area (Å²) in [7, 11) is 2.83. The van der Waals surface area contributed by atoms with Crippen LogP contribution in [0.5, 0.6) is 0 Å². The molecule has 1 aromatic rings. The Labute approximate surface area is 228 Å². The summed E-state index contributed by atoms with van der Waals surface area (Å²) in [6.45, 7) is 5.23. The Morgan fingerprint density at radius 2 is 1.72 bits per heavy atom. The summed E-state index contributed by atoms with van der Waals surface area (Å²) in [6.07, 6.45) is -0.00296. The van der Waals surface area contributed by atoms with Crippen molar-refractivity contribution in [2.45, 2.75) is 77.2 Å². The molecule has 0 bridgehead atoms. The molecule has 1 aliphatic carbocycles. The van der Waals surface area contributed by atoms with Crippen molar-refractivity contribution < 1.29 is 38.6 Å². The van der Waals surface area contributed by atoms with Gasteiger partial charge in [0.1, 0.15) is 18.2 Å². The van der Waals surface area contributed by atoms with Crippen LogP contribution in [0.4, 0.5) is 14.4 Å². The van der Waals surface area contributed by atoms with E-state index in [-0.39, 0.29) is 24.5 Å². The normalized spacial score (nSPS) is 18.3. The smallest absolute Gasteiger partial charge is 0.434 e. The molecule has 0 radical (unpaired) electrons.